The van der Waals surface area contributed by atoms with Crippen LogP contribution >= 0.6 is 0 Å². The van der Waals surface area contributed by atoms with Crippen LogP contribution in [-0.4, -0.2) is 39.8 Å². The molecule has 11 nitrogen and oxygen atoms in total. The Labute approximate surface area is 241 Å². The third-order valence-electron chi connectivity index (χ3n) is 6.35. The maximum absolute atomic E-state index is 13.6. The molecule has 4 N–H and O–H groups in total. The van der Waals surface area contributed by atoms with Gasteiger partial charge >= 0.3 is 0 Å². The number of aliphatic imine (C=N–C) groups is 1. The number of hydrogen-bond acceptors (Lipinski definition) is 8. The molecule has 5 rings (SSSR count). The summed E-state index contributed by atoms with van der Waals surface area (Å²) >= 11 is 0. The minimum atomic E-state index is -4.12. The summed E-state index contributed by atoms with van der Waals surface area (Å²) < 4.78 is 58.3. The highest BCUT2D eigenvalue weighted by Gasteiger charge is 2.20. The zero-order valence-electron chi connectivity index (χ0n) is 22.0. The number of rotatable bonds is 8. The van der Waals surface area contributed by atoms with Crippen molar-refractivity contribution >= 4 is 48.4 Å². The number of aromatic hydroxyl groups is 1. The summed E-state index contributed by atoms with van der Waals surface area (Å²) in [5.74, 6) is -0.153. The molecular formula is C29H24N4O7S2. The second-order valence-electron chi connectivity index (χ2n) is 9.02. The Morgan fingerprint density at radius 1 is 0.857 bits per heavy atom. The number of nitrogens with two attached hydrogens (primary N) is 1. The average molecular weight is 605 g/mol. The molecule has 0 amide bonds. The van der Waals surface area contributed by atoms with E-state index in [0.29, 0.717) is 16.8 Å². The quantitative estimate of drug-likeness (QED) is 0.226. The summed E-state index contributed by atoms with van der Waals surface area (Å²) in [6.07, 6.45) is 1.34. The molecule has 13 heteroatoms. The van der Waals surface area contributed by atoms with Gasteiger partial charge in [0.1, 0.15) is 5.75 Å². The van der Waals surface area contributed by atoms with Gasteiger partial charge in [-0.2, -0.15) is 0 Å². The van der Waals surface area contributed by atoms with Gasteiger partial charge in [-0.15, -0.1) is 0 Å². The molecule has 214 valence electrons. The molecule has 0 fully saturated rings. The molecule has 1 aromatic heterocycles. The zero-order valence-corrected chi connectivity index (χ0v) is 23.6. The number of sulfonamides is 2. The van der Waals surface area contributed by atoms with Crippen molar-refractivity contribution in [2.75, 3.05) is 11.8 Å². The average Bonchev–Trinajstić information content (AvgIpc) is 2.97. The van der Waals surface area contributed by atoms with Crippen LogP contribution in [0.4, 0.5) is 11.4 Å². The number of ether oxygens (including phenoxy) is 1. The molecular weight excluding hydrogens is 580 g/mol. The normalized spacial score (nSPS) is 12.0. The monoisotopic (exact) mass is 604 g/mol. The van der Waals surface area contributed by atoms with Gasteiger partial charge in [0.25, 0.3) is 15.6 Å². The number of pyridine rings is 1. The summed E-state index contributed by atoms with van der Waals surface area (Å²) in [7, 11) is -6.58. The van der Waals surface area contributed by atoms with Crippen LogP contribution in [0.25, 0.3) is 16.5 Å². The first-order valence-electron chi connectivity index (χ1n) is 12.3. The number of primary sulfonamides is 1. The van der Waals surface area contributed by atoms with Crippen LogP contribution in [0, 0.1) is 0 Å². The highest BCUT2D eigenvalue weighted by atomic mass is 32.2. The van der Waals surface area contributed by atoms with Crippen LogP contribution in [0.1, 0.15) is 5.56 Å². The highest BCUT2D eigenvalue weighted by Crippen LogP contribution is 2.29. The molecule has 0 spiro atoms. The van der Waals surface area contributed by atoms with Gasteiger partial charge in [0, 0.05) is 17.0 Å². The molecule has 0 saturated carbocycles. The molecule has 0 bridgehead atoms. The first kappa shape index (κ1) is 28.5. The predicted octanol–water partition coefficient (Wildman–Crippen LogP) is 3.90. The molecule has 0 saturated heterocycles. The Hall–Kier alpha value is -4.98. The Kier molecular flexibility index (Phi) is 7.56. The lowest BCUT2D eigenvalue weighted by Gasteiger charge is -2.15. The Bertz CT molecular complexity index is 2120. The number of fused-ring (bicyclic) bond motifs is 1. The summed E-state index contributed by atoms with van der Waals surface area (Å²) in [6.45, 7) is 0. The summed E-state index contributed by atoms with van der Waals surface area (Å²) in [4.78, 5) is 17.7. The van der Waals surface area contributed by atoms with Crippen LogP contribution in [-0.2, 0) is 20.0 Å². The molecule has 0 aliphatic heterocycles. The number of nitrogens with one attached hydrogen (secondary N) is 1. The van der Waals surface area contributed by atoms with Crippen molar-refractivity contribution in [2.24, 2.45) is 10.1 Å². The van der Waals surface area contributed by atoms with Crippen molar-refractivity contribution in [3.63, 3.8) is 0 Å². The first-order valence-corrected chi connectivity index (χ1v) is 15.3. The maximum Gasteiger partial charge on any atom is 0.265 e. The van der Waals surface area contributed by atoms with E-state index in [1.165, 1.54) is 61.9 Å². The fourth-order valence-corrected chi connectivity index (χ4v) is 5.94. The smallest absolute Gasteiger partial charge is 0.265 e. The second kappa shape index (κ2) is 11.1. The van der Waals surface area contributed by atoms with Gasteiger partial charge in [0.15, 0.2) is 0 Å². The summed E-state index contributed by atoms with van der Waals surface area (Å²) in [5.41, 5.74) is 0.287. The van der Waals surface area contributed by atoms with Gasteiger partial charge in [0.2, 0.25) is 15.9 Å². The molecule has 1 heterocycles. The maximum atomic E-state index is 13.6. The number of benzene rings is 4. The van der Waals surface area contributed by atoms with E-state index < -0.39 is 31.5 Å². The Balaban J connectivity index is 1.61. The second-order valence-corrected chi connectivity index (χ2v) is 12.3. The van der Waals surface area contributed by atoms with Gasteiger partial charge in [0.05, 0.1) is 39.5 Å². The minimum absolute atomic E-state index is 0.0849. The van der Waals surface area contributed by atoms with Crippen molar-refractivity contribution in [3.8, 4) is 17.3 Å². The number of anilines is 1. The van der Waals surface area contributed by atoms with E-state index in [1.807, 2.05) is 0 Å². The van der Waals surface area contributed by atoms with E-state index in [0.717, 1.165) is 4.57 Å². The minimum Gasteiger partial charge on any atom is -0.495 e. The lowest BCUT2D eigenvalue weighted by Crippen LogP contribution is -2.21. The standard InChI is InChI=1S/C29H24N4O7S2/c1-40-27-12-5-4-11-26(27)32-42(38,39)22-8-6-7-20(17-22)33-28(34)24-10-3-2-9-23(24)25(29(33)35)18-31-19-13-15-21(16-14-19)41(30,36)37/h2-18,32,35H,1H3,(H2,30,36,37). The van der Waals surface area contributed by atoms with Crippen molar-refractivity contribution in [2.45, 2.75) is 9.79 Å². The Morgan fingerprint density at radius 2 is 1.52 bits per heavy atom. The molecule has 4 aromatic carbocycles. The van der Waals surface area contributed by atoms with E-state index in [2.05, 4.69) is 9.71 Å². The fraction of sp³-hybridized carbons (Fsp3) is 0.0345. The zero-order chi connectivity index (χ0) is 30.1. The lowest BCUT2D eigenvalue weighted by atomic mass is 10.1. The Morgan fingerprint density at radius 3 is 2.21 bits per heavy atom. The van der Waals surface area contributed by atoms with Crippen molar-refractivity contribution < 1.29 is 26.7 Å². The number of aromatic nitrogens is 1. The van der Waals surface area contributed by atoms with E-state index in [9.17, 15) is 26.7 Å². The van der Waals surface area contributed by atoms with E-state index >= 15 is 0 Å². The van der Waals surface area contributed by atoms with Crippen LogP contribution in [0.3, 0.4) is 0 Å². The fourth-order valence-electron chi connectivity index (χ4n) is 4.31. The van der Waals surface area contributed by atoms with Crippen molar-refractivity contribution in [1.82, 2.24) is 4.57 Å². The molecule has 5 aromatic rings. The topological polar surface area (TPSA) is 170 Å². The predicted molar refractivity (Wildman–Crippen MR) is 160 cm³/mol. The number of nitrogens with zero attached hydrogens (tertiary/aromatic N) is 2. The van der Waals surface area contributed by atoms with Gasteiger partial charge < -0.3 is 9.84 Å². The van der Waals surface area contributed by atoms with Crippen LogP contribution in [0.5, 0.6) is 11.6 Å². The van der Waals surface area contributed by atoms with E-state index in [-0.39, 0.29) is 32.1 Å². The first-order chi connectivity index (χ1) is 20.0. The molecule has 0 radical (unpaired) electrons. The molecule has 0 unspecified atom stereocenters. The molecule has 0 aliphatic rings. The third kappa shape index (κ3) is 5.61. The molecule has 0 aliphatic carbocycles. The highest BCUT2D eigenvalue weighted by molar-refractivity contribution is 7.92. The van der Waals surface area contributed by atoms with Crippen LogP contribution in [0.2, 0.25) is 0 Å². The van der Waals surface area contributed by atoms with E-state index in [4.69, 9.17) is 9.88 Å². The van der Waals surface area contributed by atoms with E-state index in [1.54, 1.807) is 48.5 Å². The third-order valence-corrected chi connectivity index (χ3v) is 8.64. The van der Waals surface area contributed by atoms with Gasteiger partial charge in [-0.3, -0.25) is 14.5 Å². The lowest BCUT2D eigenvalue weighted by molar-refractivity contribution is 0.417. The summed E-state index contributed by atoms with van der Waals surface area (Å²) in [5, 5.41) is 17.1. The largest absolute Gasteiger partial charge is 0.495 e. The summed E-state index contributed by atoms with van der Waals surface area (Å²) in [6, 6.07) is 24.1. The SMILES string of the molecule is COc1ccccc1NS(=O)(=O)c1cccc(-n2c(O)c(C=Nc3ccc(S(N)(=O)=O)cc3)c3ccccc3c2=O)c1. The number of para-hydroxylation sites is 2. The van der Waals surface area contributed by atoms with Crippen LogP contribution < -0.4 is 20.2 Å². The van der Waals surface area contributed by atoms with Crippen molar-refractivity contribution in [1.29, 1.82) is 0 Å². The van der Waals surface area contributed by atoms with Gasteiger partial charge in [-0.05, 0) is 60.7 Å². The van der Waals surface area contributed by atoms with Gasteiger partial charge in [-0.1, -0.05) is 36.4 Å². The molecule has 0 atom stereocenters. The van der Waals surface area contributed by atoms with Crippen molar-refractivity contribution in [3.05, 3.63) is 113 Å². The van der Waals surface area contributed by atoms with Crippen LogP contribution in [0.15, 0.2) is 117 Å². The number of hydrogen-bond donors (Lipinski definition) is 3. The van der Waals surface area contributed by atoms with Gasteiger partial charge in [-0.25, -0.2) is 26.5 Å². The molecule has 42 heavy (non-hydrogen) atoms. The number of methoxy groups -OCH3 is 1.